The van der Waals surface area contributed by atoms with Gasteiger partial charge < -0.3 is 14.8 Å². The van der Waals surface area contributed by atoms with Crippen LogP contribution in [0.2, 0.25) is 0 Å². The number of nitrogens with one attached hydrogen (secondary N) is 1. The minimum atomic E-state index is -0.119. The first-order valence-electron chi connectivity index (χ1n) is 6.20. The average molecular weight is 253 g/mol. The largest absolute Gasteiger partial charge is 0.379 e. The van der Waals surface area contributed by atoms with E-state index in [0.29, 0.717) is 25.5 Å². The van der Waals surface area contributed by atoms with Gasteiger partial charge in [0.2, 0.25) is 0 Å². The van der Waals surface area contributed by atoms with Crippen LogP contribution in [0, 0.1) is 0 Å². The second kappa shape index (κ2) is 5.97. The Morgan fingerprint density at radius 2 is 2.56 bits per heavy atom. The van der Waals surface area contributed by atoms with Gasteiger partial charge in [-0.25, -0.2) is 0 Å². The first-order valence-corrected chi connectivity index (χ1v) is 6.20. The summed E-state index contributed by atoms with van der Waals surface area (Å²) in [4.78, 5) is 12.1. The van der Waals surface area contributed by atoms with E-state index in [0.717, 1.165) is 6.42 Å². The Kier molecular flexibility index (Phi) is 4.33. The molecule has 100 valence electrons. The van der Waals surface area contributed by atoms with Crippen molar-refractivity contribution in [2.24, 2.45) is 7.05 Å². The van der Waals surface area contributed by atoms with Crippen molar-refractivity contribution >= 4 is 5.91 Å². The van der Waals surface area contributed by atoms with Crippen molar-refractivity contribution in [2.45, 2.75) is 25.5 Å². The monoisotopic (exact) mass is 253 g/mol. The summed E-state index contributed by atoms with van der Waals surface area (Å²) in [5.74, 6) is -0.119. The zero-order valence-electron chi connectivity index (χ0n) is 10.8. The highest BCUT2D eigenvalue weighted by Gasteiger charge is 2.28. The van der Waals surface area contributed by atoms with Crippen molar-refractivity contribution in [2.75, 3.05) is 19.8 Å². The highest BCUT2D eigenvalue weighted by atomic mass is 16.5. The molecule has 2 heterocycles. The molecule has 0 aromatic carbocycles. The summed E-state index contributed by atoms with van der Waals surface area (Å²) in [5, 5.41) is 6.98. The standard InChI is InChI=1S/C12H19N3O3/c1-3-18-11-8-17-7-5-9(11)14-12(16)10-4-6-13-15(10)2/h4,6,9,11H,3,5,7-8H2,1-2H3,(H,14,16)/t9-,11-/m1/s1. The lowest BCUT2D eigenvalue weighted by Gasteiger charge is -2.31. The van der Waals surface area contributed by atoms with Crippen molar-refractivity contribution < 1.29 is 14.3 Å². The number of hydrogen-bond donors (Lipinski definition) is 1. The molecule has 0 spiro atoms. The van der Waals surface area contributed by atoms with Crippen LogP contribution >= 0.6 is 0 Å². The van der Waals surface area contributed by atoms with E-state index in [1.807, 2.05) is 6.92 Å². The van der Waals surface area contributed by atoms with Crippen LogP contribution in [0.5, 0.6) is 0 Å². The maximum absolute atomic E-state index is 12.1. The molecule has 2 rings (SSSR count). The fourth-order valence-electron chi connectivity index (χ4n) is 2.09. The van der Waals surface area contributed by atoms with Crippen LogP contribution in [0.3, 0.4) is 0 Å². The third-order valence-electron chi connectivity index (χ3n) is 3.05. The Bertz CT molecular complexity index is 403. The quantitative estimate of drug-likeness (QED) is 0.840. The summed E-state index contributed by atoms with van der Waals surface area (Å²) < 4.78 is 12.5. The average Bonchev–Trinajstić information content (AvgIpc) is 2.78. The van der Waals surface area contributed by atoms with Crippen molar-refractivity contribution in [1.29, 1.82) is 0 Å². The normalized spacial score (nSPS) is 23.9. The molecule has 1 fully saturated rings. The molecule has 6 heteroatoms. The summed E-state index contributed by atoms with van der Waals surface area (Å²) >= 11 is 0. The number of hydrogen-bond acceptors (Lipinski definition) is 4. The number of carbonyl (C=O) groups is 1. The van der Waals surface area contributed by atoms with Crippen LogP contribution < -0.4 is 5.32 Å². The number of ether oxygens (including phenoxy) is 2. The lowest BCUT2D eigenvalue weighted by molar-refractivity contribution is -0.0633. The van der Waals surface area contributed by atoms with Gasteiger partial charge in [-0.15, -0.1) is 0 Å². The second-order valence-electron chi connectivity index (χ2n) is 4.28. The molecule has 1 N–H and O–H groups in total. The summed E-state index contributed by atoms with van der Waals surface area (Å²) in [6, 6.07) is 1.70. The molecule has 1 aromatic rings. The molecule has 0 aliphatic carbocycles. The zero-order valence-corrected chi connectivity index (χ0v) is 10.8. The molecule has 1 saturated heterocycles. The topological polar surface area (TPSA) is 65.4 Å². The van der Waals surface area contributed by atoms with Crippen molar-refractivity contribution in [3.8, 4) is 0 Å². The van der Waals surface area contributed by atoms with E-state index in [9.17, 15) is 4.79 Å². The van der Waals surface area contributed by atoms with Gasteiger partial charge >= 0.3 is 0 Å². The van der Waals surface area contributed by atoms with Gasteiger partial charge in [0, 0.05) is 26.5 Å². The van der Waals surface area contributed by atoms with Gasteiger partial charge in [-0.05, 0) is 19.4 Å². The van der Waals surface area contributed by atoms with Gasteiger partial charge in [-0.3, -0.25) is 9.48 Å². The molecule has 2 atom stereocenters. The molecule has 0 radical (unpaired) electrons. The zero-order chi connectivity index (χ0) is 13.0. The van der Waals surface area contributed by atoms with E-state index in [1.54, 1.807) is 24.0 Å². The van der Waals surface area contributed by atoms with Crippen LogP contribution in [0.25, 0.3) is 0 Å². The lowest BCUT2D eigenvalue weighted by Crippen LogP contribution is -2.50. The number of aromatic nitrogens is 2. The summed E-state index contributed by atoms with van der Waals surface area (Å²) in [6.45, 7) is 3.74. The van der Waals surface area contributed by atoms with Gasteiger partial charge in [0.25, 0.3) is 5.91 Å². The van der Waals surface area contributed by atoms with E-state index in [-0.39, 0.29) is 18.1 Å². The van der Waals surface area contributed by atoms with Crippen LogP contribution in [-0.2, 0) is 16.5 Å². The maximum Gasteiger partial charge on any atom is 0.269 e. The molecule has 0 unspecified atom stereocenters. The Balaban J connectivity index is 1.98. The highest BCUT2D eigenvalue weighted by molar-refractivity contribution is 5.92. The fourth-order valence-corrected chi connectivity index (χ4v) is 2.09. The van der Waals surface area contributed by atoms with Gasteiger partial charge in [0.05, 0.1) is 12.6 Å². The van der Waals surface area contributed by atoms with Crippen LogP contribution in [-0.4, -0.2) is 47.7 Å². The third-order valence-corrected chi connectivity index (χ3v) is 3.05. The molecule has 18 heavy (non-hydrogen) atoms. The van der Waals surface area contributed by atoms with Crippen molar-refractivity contribution in [3.05, 3.63) is 18.0 Å². The molecule has 1 aliphatic heterocycles. The molecule has 1 aromatic heterocycles. The van der Waals surface area contributed by atoms with Gasteiger partial charge in [-0.1, -0.05) is 0 Å². The Labute approximate surface area is 106 Å². The molecule has 6 nitrogen and oxygen atoms in total. The maximum atomic E-state index is 12.1. The number of aryl methyl sites for hydroxylation is 1. The fraction of sp³-hybridized carbons (Fsp3) is 0.667. The van der Waals surface area contributed by atoms with E-state index in [4.69, 9.17) is 9.47 Å². The number of carbonyl (C=O) groups excluding carboxylic acids is 1. The molecule has 1 aliphatic rings. The third kappa shape index (κ3) is 2.88. The van der Waals surface area contributed by atoms with Crippen LogP contribution in [0.4, 0.5) is 0 Å². The summed E-state index contributed by atoms with van der Waals surface area (Å²) in [7, 11) is 1.75. The lowest BCUT2D eigenvalue weighted by atomic mass is 10.1. The van der Waals surface area contributed by atoms with Gasteiger partial charge in [0.15, 0.2) is 0 Å². The minimum absolute atomic E-state index is 0.00102. The van der Waals surface area contributed by atoms with E-state index < -0.39 is 0 Å². The predicted octanol–water partition coefficient (Wildman–Crippen LogP) is 0.344. The van der Waals surface area contributed by atoms with E-state index in [2.05, 4.69) is 10.4 Å². The molecule has 1 amide bonds. The first kappa shape index (κ1) is 13.0. The first-order chi connectivity index (χ1) is 8.72. The molecule has 0 bridgehead atoms. The predicted molar refractivity (Wildman–Crippen MR) is 65.3 cm³/mol. The molecular formula is C12H19N3O3. The Morgan fingerprint density at radius 1 is 1.72 bits per heavy atom. The number of rotatable bonds is 4. The Morgan fingerprint density at radius 3 is 3.22 bits per heavy atom. The molecular weight excluding hydrogens is 234 g/mol. The summed E-state index contributed by atoms with van der Waals surface area (Å²) in [5.41, 5.74) is 0.553. The van der Waals surface area contributed by atoms with Gasteiger partial charge in [0.1, 0.15) is 11.8 Å². The minimum Gasteiger partial charge on any atom is -0.379 e. The van der Waals surface area contributed by atoms with Crippen LogP contribution in [0.15, 0.2) is 12.3 Å². The summed E-state index contributed by atoms with van der Waals surface area (Å²) in [6.07, 6.45) is 2.31. The highest BCUT2D eigenvalue weighted by Crippen LogP contribution is 2.12. The SMILES string of the molecule is CCO[C@@H]1COCC[C@H]1NC(=O)c1ccnn1C. The number of nitrogens with zero attached hydrogens (tertiary/aromatic N) is 2. The van der Waals surface area contributed by atoms with E-state index >= 15 is 0 Å². The molecule has 0 saturated carbocycles. The smallest absolute Gasteiger partial charge is 0.269 e. The van der Waals surface area contributed by atoms with Crippen LogP contribution in [0.1, 0.15) is 23.8 Å². The number of amides is 1. The second-order valence-corrected chi connectivity index (χ2v) is 4.28. The van der Waals surface area contributed by atoms with Crippen molar-refractivity contribution in [1.82, 2.24) is 15.1 Å². The van der Waals surface area contributed by atoms with Gasteiger partial charge in [-0.2, -0.15) is 5.10 Å². The van der Waals surface area contributed by atoms with Crippen molar-refractivity contribution in [3.63, 3.8) is 0 Å². The van der Waals surface area contributed by atoms with E-state index in [1.165, 1.54) is 0 Å². The Hall–Kier alpha value is -1.40.